The summed E-state index contributed by atoms with van der Waals surface area (Å²) in [4.78, 5) is 0. The zero-order chi connectivity index (χ0) is 11.6. The molecular formula is C15H28. The Labute approximate surface area is 96.2 Å². The van der Waals surface area contributed by atoms with Crippen LogP contribution in [0, 0.1) is 23.2 Å². The summed E-state index contributed by atoms with van der Waals surface area (Å²) in [5, 5.41) is 0. The smallest absolute Gasteiger partial charge is 0.0144 e. The third kappa shape index (κ3) is 2.29. The molecule has 15 heavy (non-hydrogen) atoms. The molecular weight excluding hydrogens is 180 g/mol. The van der Waals surface area contributed by atoms with Gasteiger partial charge in [0.05, 0.1) is 0 Å². The molecule has 3 atom stereocenters. The average Bonchev–Trinajstić information content (AvgIpc) is 2.58. The van der Waals surface area contributed by atoms with Crippen molar-refractivity contribution in [2.45, 2.75) is 60.3 Å². The Bertz CT molecular complexity index is 224. The van der Waals surface area contributed by atoms with Gasteiger partial charge in [-0.3, -0.25) is 0 Å². The van der Waals surface area contributed by atoms with Crippen molar-refractivity contribution in [1.82, 2.24) is 0 Å². The Morgan fingerprint density at radius 3 is 2.33 bits per heavy atom. The highest BCUT2D eigenvalue weighted by molar-refractivity contribution is 5.18. The second-order valence-corrected chi connectivity index (χ2v) is 5.77. The van der Waals surface area contributed by atoms with Gasteiger partial charge in [-0.2, -0.15) is 0 Å². The maximum atomic E-state index is 4.34. The molecule has 0 N–H and O–H groups in total. The highest BCUT2D eigenvalue weighted by atomic mass is 14.5. The first-order valence-electron chi connectivity index (χ1n) is 6.71. The molecule has 0 saturated heterocycles. The van der Waals surface area contributed by atoms with Crippen molar-refractivity contribution in [3.63, 3.8) is 0 Å². The molecule has 0 spiro atoms. The SMILES string of the molecule is C=C1C2CCC(C)C2CCC1(C)C.CC. The first kappa shape index (κ1) is 12.8. The molecule has 0 aliphatic heterocycles. The zero-order valence-corrected chi connectivity index (χ0v) is 11.3. The van der Waals surface area contributed by atoms with Gasteiger partial charge in [0, 0.05) is 0 Å². The topological polar surface area (TPSA) is 0 Å². The fraction of sp³-hybridized carbons (Fsp3) is 0.867. The van der Waals surface area contributed by atoms with Crippen molar-refractivity contribution >= 4 is 0 Å². The van der Waals surface area contributed by atoms with Crippen LogP contribution < -0.4 is 0 Å². The third-order valence-electron chi connectivity index (χ3n) is 4.60. The number of allylic oxidation sites excluding steroid dienone is 1. The van der Waals surface area contributed by atoms with E-state index in [-0.39, 0.29) is 0 Å². The van der Waals surface area contributed by atoms with Crippen LogP contribution in [-0.4, -0.2) is 0 Å². The van der Waals surface area contributed by atoms with E-state index < -0.39 is 0 Å². The largest absolute Gasteiger partial charge is 0.0990 e. The summed E-state index contributed by atoms with van der Waals surface area (Å²) < 4.78 is 0. The van der Waals surface area contributed by atoms with E-state index in [0.29, 0.717) is 5.41 Å². The summed E-state index contributed by atoms with van der Waals surface area (Å²) in [5.74, 6) is 2.79. The average molecular weight is 208 g/mol. The minimum Gasteiger partial charge on any atom is -0.0990 e. The maximum Gasteiger partial charge on any atom is -0.0144 e. The monoisotopic (exact) mass is 208 g/mol. The van der Waals surface area contributed by atoms with Crippen molar-refractivity contribution in [3.05, 3.63) is 12.2 Å². The fourth-order valence-electron chi connectivity index (χ4n) is 3.38. The predicted molar refractivity (Wildman–Crippen MR) is 68.9 cm³/mol. The number of hydrogen-bond acceptors (Lipinski definition) is 0. The van der Waals surface area contributed by atoms with E-state index in [0.717, 1.165) is 17.8 Å². The van der Waals surface area contributed by atoms with Crippen molar-refractivity contribution in [3.8, 4) is 0 Å². The van der Waals surface area contributed by atoms with Crippen LogP contribution in [0.3, 0.4) is 0 Å². The van der Waals surface area contributed by atoms with Crippen LogP contribution in [-0.2, 0) is 0 Å². The molecule has 0 aromatic rings. The van der Waals surface area contributed by atoms with Crippen molar-refractivity contribution < 1.29 is 0 Å². The minimum atomic E-state index is 0.422. The molecule has 2 aliphatic carbocycles. The van der Waals surface area contributed by atoms with Crippen LogP contribution in [0.1, 0.15) is 60.3 Å². The molecule has 0 heteroatoms. The molecule has 2 aliphatic rings. The molecule has 88 valence electrons. The lowest BCUT2D eigenvalue weighted by Crippen LogP contribution is -2.31. The van der Waals surface area contributed by atoms with Crippen LogP contribution in [0.15, 0.2) is 12.2 Å². The van der Waals surface area contributed by atoms with Gasteiger partial charge in [-0.05, 0) is 48.9 Å². The van der Waals surface area contributed by atoms with Crippen LogP contribution >= 0.6 is 0 Å². The summed E-state index contributed by atoms with van der Waals surface area (Å²) in [6, 6.07) is 0. The normalized spacial score (nSPS) is 37.9. The number of hydrogen-bond donors (Lipinski definition) is 0. The van der Waals surface area contributed by atoms with Gasteiger partial charge in [0.25, 0.3) is 0 Å². The second-order valence-electron chi connectivity index (χ2n) is 5.77. The van der Waals surface area contributed by atoms with Gasteiger partial charge in [-0.25, -0.2) is 0 Å². The van der Waals surface area contributed by atoms with E-state index in [1.165, 1.54) is 25.7 Å². The lowest BCUT2D eigenvalue weighted by Gasteiger charge is -2.41. The molecule has 2 rings (SSSR count). The van der Waals surface area contributed by atoms with Crippen molar-refractivity contribution in [2.24, 2.45) is 23.2 Å². The Morgan fingerprint density at radius 1 is 1.13 bits per heavy atom. The Balaban J connectivity index is 0.000000531. The van der Waals surface area contributed by atoms with Crippen LogP contribution in [0.2, 0.25) is 0 Å². The van der Waals surface area contributed by atoms with Gasteiger partial charge in [0.1, 0.15) is 0 Å². The summed E-state index contributed by atoms with van der Waals surface area (Å²) in [6.45, 7) is 15.5. The number of rotatable bonds is 0. The lowest BCUT2D eigenvalue weighted by atomic mass is 9.64. The molecule has 0 heterocycles. The molecule has 0 amide bonds. The first-order valence-corrected chi connectivity index (χ1v) is 6.71. The first-order chi connectivity index (χ1) is 7.02. The Morgan fingerprint density at radius 2 is 1.73 bits per heavy atom. The van der Waals surface area contributed by atoms with E-state index in [1.54, 1.807) is 5.57 Å². The standard InChI is InChI=1S/C13H22.C2H6/c1-9-5-6-12-10(2)13(3,4)8-7-11(9)12;1-2/h9,11-12H,2,5-8H2,1,3-4H3;1-2H3. The molecule has 0 nitrogen and oxygen atoms in total. The quantitative estimate of drug-likeness (QED) is 0.489. The summed E-state index contributed by atoms with van der Waals surface area (Å²) >= 11 is 0. The molecule has 2 fully saturated rings. The van der Waals surface area contributed by atoms with Gasteiger partial charge in [0.15, 0.2) is 0 Å². The van der Waals surface area contributed by atoms with E-state index in [4.69, 9.17) is 0 Å². The lowest BCUT2D eigenvalue weighted by molar-refractivity contribution is 0.201. The molecule has 0 aromatic carbocycles. The van der Waals surface area contributed by atoms with Gasteiger partial charge >= 0.3 is 0 Å². The minimum absolute atomic E-state index is 0.422. The van der Waals surface area contributed by atoms with Gasteiger partial charge < -0.3 is 0 Å². The summed E-state index contributed by atoms with van der Waals surface area (Å²) in [7, 11) is 0. The maximum absolute atomic E-state index is 4.34. The molecule has 0 bridgehead atoms. The predicted octanol–water partition coefficient (Wildman–Crippen LogP) is 5.05. The molecule has 0 aromatic heterocycles. The molecule has 3 unspecified atom stereocenters. The fourth-order valence-corrected chi connectivity index (χ4v) is 3.38. The molecule has 2 saturated carbocycles. The number of fused-ring (bicyclic) bond motifs is 1. The highest BCUT2D eigenvalue weighted by Crippen LogP contribution is 2.53. The van der Waals surface area contributed by atoms with E-state index in [1.807, 2.05) is 13.8 Å². The van der Waals surface area contributed by atoms with E-state index >= 15 is 0 Å². The van der Waals surface area contributed by atoms with Gasteiger partial charge in [0.2, 0.25) is 0 Å². The summed E-state index contributed by atoms with van der Waals surface area (Å²) in [5.41, 5.74) is 1.97. The third-order valence-corrected chi connectivity index (χ3v) is 4.60. The van der Waals surface area contributed by atoms with Crippen LogP contribution in [0.4, 0.5) is 0 Å². The molecule has 0 radical (unpaired) electrons. The van der Waals surface area contributed by atoms with Gasteiger partial charge in [-0.15, -0.1) is 0 Å². The zero-order valence-electron chi connectivity index (χ0n) is 11.3. The Kier molecular flexibility index (Phi) is 4.03. The van der Waals surface area contributed by atoms with Crippen LogP contribution in [0.25, 0.3) is 0 Å². The van der Waals surface area contributed by atoms with E-state index in [2.05, 4.69) is 27.4 Å². The second kappa shape index (κ2) is 4.72. The van der Waals surface area contributed by atoms with E-state index in [9.17, 15) is 0 Å². The summed E-state index contributed by atoms with van der Waals surface area (Å²) in [6.07, 6.45) is 5.65. The van der Waals surface area contributed by atoms with Crippen LogP contribution in [0.5, 0.6) is 0 Å². The van der Waals surface area contributed by atoms with Crippen molar-refractivity contribution in [2.75, 3.05) is 0 Å². The van der Waals surface area contributed by atoms with Gasteiger partial charge in [-0.1, -0.05) is 46.8 Å². The highest BCUT2D eigenvalue weighted by Gasteiger charge is 2.43. The van der Waals surface area contributed by atoms with Crippen molar-refractivity contribution in [1.29, 1.82) is 0 Å². The Hall–Kier alpha value is -0.260.